The molecule has 5 heteroatoms. The van der Waals surface area contributed by atoms with Crippen LogP contribution in [0.5, 0.6) is 11.5 Å². The van der Waals surface area contributed by atoms with Crippen molar-refractivity contribution in [3.8, 4) is 22.6 Å². The summed E-state index contributed by atoms with van der Waals surface area (Å²) in [6, 6.07) is 9.79. The Labute approximate surface area is 166 Å². The van der Waals surface area contributed by atoms with Crippen LogP contribution in [0.2, 0.25) is 0 Å². The number of carbonyl (C=O) groups is 1. The van der Waals surface area contributed by atoms with Crippen LogP contribution in [0.15, 0.2) is 30.3 Å². The van der Waals surface area contributed by atoms with Gasteiger partial charge in [-0.1, -0.05) is 25.5 Å². The van der Waals surface area contributed by atoms with Crippen molar-refractivity contribution in [1.82, 2.24) is 4.90 Å². The molecule has 1 fully saturated rings. The summed E-state index contributed by atoms with van der Waals surface area (Å²) in [7, 11) is 1.66. The van der Waals surface area contributed by atoms with E-state index in [1.165, 1.54) is 0 Å². The Kier molecular flexibility index (Phi) is 5.64. The molecule has 0 atom stereocenters. The zero-order valence-electron chi connectivity index (χ0n) is 16.6. The van der Waals surface area contributed by atoms with Crippen molar-refractivity contribution in [3.63, 3.8) is 0 Å². The SMILES string of the molecule is CCCc1cc(OC)c2c(c1)C(=O)c1cccc(OCCN3CCOCC3)c1-2. The monoisotopic (exact) mass is 381 g/mol. The lowest BCUT2D eigenvalue weighted by Crippen LogP contribution is -2.38. The minimum Gasteiger partial charge on any atom is -0.496 e. The number of ether oxygens (including phenoxy) is 3. The van der Waals surface area contributed by atoms with E-state index in [2.05, 4.69) is 17.9 Å². The van der Waals surface area contributed by atoms with Crippen LogP contribution in [0.1, 0.15) is 34.8 Å². The van der Waals surface area contributed by atoms with Gasteiger partial charge in [-0.15, -0.1) is 0 Å². The predicted molar refractivity (Wildman–Crippen MR) is 109 cm³/mol. The summed E-state index contributed by atoms with van der Waals surface area (Å²) in [5.41, 5.74) is 4.29. The Balaban J connectivity index is 1.63. The summed E-state index contributed by atoms with van der Waals surface area (Å²) in [6.45, 7) is 6.99. The summed E-state index contributed by atoms with van der Waals surface area (Å²) in [5.74, 6) is 1.55. The van der Waals surface area contributed by atoms with Gasteiger partial charge < -0.3 is 14.2 Å². The van der Waals surface area contributed by atoms with Gasteiger partial charge in [0.2, 0.25) is 0 Å². The molecule has 0 bridgehead atoms. The molecule has 1 aliphatic heterocycles. The first-order chi connectivity index (χ1) is 13.7. The highest BCUT2D eigenvalue weighted by atomic mass is 16.5. The number of hydrogen-bond acceptors (Lipinski definition) is 5. The molecule has 2 aromatic rings. The van der Waals surface area contributed by atoms with Crippen LogP contribution in [-0.2, 0) is 11.2 Å². The van der Waals surface area contributed by atoms with Gasteiger partial charge in [0, 0.05) is 41.9 Å². The Hall–Kier alpha value is -2.37. The van der Waals surface area contributed by atoms with Gasteiger partial charge in [-0.05, 0) is 30.2 Å². The second kappa shape index (κ2) is 8.33. The minimum atomic E-state index is 0.0554. The highest BCUT2D eigenvalue weighted by Crippen LogP contribution is 2.47. The lowest BCUT2D eigenvalue weighted by atomic mass is 9.99. The largest absolute Gasteiger partial charge is 0.496 e. The van der Waals surface area contributed by atoms with Gasteiger partial charge in [0.25, 0.3) is 0 Å². The maximum Gasteiger partial charge on any atom is 0.194 e. The number of morpholine rings is 1. The summed E-state index contributed by atoms with van der Waals surface area (Å²) in [6.07, 6.45) is 1.95. The Morgan fingerprint density at radius 2 is 1.86 bits per heavy atom. The maximum absolute atomic E-state index is 13.1. The molecule has 28 heavy (non-hydrogen) atoms. The van der Waals surface area contributed by atoms with E-state index in [-0.39, 0.29) is 5.78 Å². The third-order valence-corrected chi connectivity index (χ3v) is 5.45. The molecular formula is C23H27NO4. The van der Waals surface area contributed by atoms with E-state index in [1.54, 1.807) is 7.11 Å². The molecule has 148 valence electrons. The van der Waals surface area contributed by atoms with Crippen molar-refractivity contribution in [2.24, 2.45) is 0 Å². The molecule has 2 aromatic carbocycles. The molecule has 0 N–H and O–H groups in total. The summed E-state index contributed by atoms with van der Waals surface area (Å²) >= 11 is 0. The molecule has 0 amide bonds. The highest BCUT2D eigenvalue weighted by molar-refractivity contribution is 6.23. The number of rotatable bonds is 7. The van der Waals surface area contributed by atoms with Crippen molar-refractivity contribution < 1.29 is 19.0 Å². The lowest BCUT2D eigenvalue weighted by Gasteiger charge is -2.26. The molecule has 1 aliphatic carbocycles. The van der Waals surface area contributed by atoms with Gasteiger partial charge in [0.15, 0.2) is 5.78 Å². The Morgan fingerprint density at radius 1 is 1.07 bits per heavy atom. The fourth-order valence-corrected chi connectivity index (χ4v) is 4.06. The third-order valence-electron chi connectivity index (χ3n) is 5.45. The molecule has 4 rings (SSSR count). The number of fused-ring (bicyclic) bond motifs is 3. The molecule has 5 nitrogen and oxygen atoms in total. The van der Waals surface area contributed by atoms with Crippen LogP contribution < -0.4 is 9.47 Å². The van der Waals surface area contributed by atoms with E-state index in [0.717, 1.165) is 79.4 Å². The number of aryl methyl sites for hydroxylation is 1. The molecule has 2 aliphatic rings. The number of ketones is 1. The molecule has 0 unspecified atom stereocenters. The van der Waals surface area contributed by atoms with Gasteiger partial charge in [-0.2, -0.15) is 0 Å². The first-order valence-corrected chi connectivity index (χ1v) is 10.0. The average Bonchev–Trinajstić information content (AvgIpc) is 3.02. The molecule has 1 heterocycles. The van der Waals surface area contributed by atoms with E-state index < -0.39 is 0 Å². The first kappa shape index (κ1) is 19.0. The van der Waals surface area contributed by atoms with Crippen LogP contribution in [0.4, 0.5) is 0 Å². The molecule has 1 saturated heterocycles. The smallest absolute Gasteiger partial charge is 0.194 e. The van der Waals surface area contributed by atoms with Crippen molar-refractivity contribution in [3.05, 3.63) is 47.0 Å². The average molecular weight is 381 g/mol. The normalized spacial score (nSPS) is 16.0. The van der Waals surface area contributed by atoms with E-state index >= 15 is 0 Å². The van der Waals surface area contributed by atoms with Crippen LogP contribution in [-0.4, -0.2) is 57.2 Å². The van der Waals surface area contributed by atoms with E-state index in [0.29, 0.717) is 12.2 Å². The predicted octanol–water partition coefficient (Wildman–Crippen LogP) is 3.57. The summed E-state index contributed by atoms with van der Waals surface area (Å²) in [4.78, 5) is 15.4. The van der Waals surface area contributed by atoms with Crippen molar-refractivity contribution in [2.75, 3.05) is 46.6 Å². The third kappa shape index (κ3) is 3.52. The van der Waals surface area contributed by atoms with E-state index in [4.69, 9.17) is 14.2 Å². The van der Waals surface area contributed by atoms with Crippen LogP contribution in [0, 0.1) is 0 Å². The van der Waals surface area contributed by atoms with Crippen molar-refractivity contribution in [1.29, 1.82) is 0 Å². The topological polar surface area (TPSA) is 48.0 Å². The zero-order chi connectivity index (χ0) is 19.5. The second-order valence-corrected chi connectivity index (χ2v) is 7.28. The number of methoxy groups -OCH3 is 1. The first-order valence-electron chi connectivity index (χ1n) is 10.0. The van der Waals surface area contributed by atoms with Crippen molar-refractivity contribution in [2.45, 2.75) is 19.8 Å². The number of carbonyl (C=O) groups excluding carboxylic acids is 1. The van der Waals surface area contributed by atoms with Gasteiger partial charge in [0.05, 0.1) is 20.3 Å². The maximum atomic E-state index is 13.1. The van der Waals surface area contributed by atoms with Crippen LogP contribution in [0.25, 0.3) is 11.1 Å². The standard InChI is InChI=1S/C23H27NO4/c1-3-5-16-14-18-22(20(15-16)26-2)21-17(23(18)25)6-4-7-19(21)28-13-10-24-8-11-27-12-9-24/h4,6-7,14-15H,3,5,8-13H2,1-2H3. The highest BCUT2D eigenvalue weighted by Gasteiger charge is 2.33. The minimum absolute atomic E-state index is 0.0554. The Morgan fingerprint density at radius 3 is 2.61 bits per heavy atom. The van der Waals surface area contributed by atoms with Crippen molar-refractivity contribution >= 4 is 5.78 Å². The second-order valence-electron chi connectivity index (χ2n) is 7.28. The zero-order valence-corrected chi connectivity index (χ0v) is 16.6. The van der Waals surface area contributed by atoms with Crippen LogP contribution in [0.3, 0.4) is 0 Å². The molecule has 0 saturated carbocycles. The number of benzene rings is 2. The molecule has 0 spiro atoms. The lowest BCUT2D eigenvalue weighted by molar-refractivity contribution is 0.0323. The molecular weight excluding hydrogens is 354 g/mol. The quantitative estimate of drug-likeness (QED) is 0.626. The van der Waals surface area contributed by atoms with Gasteiger partial charge >= 0.3 is 0 Å². The molecule has 0 aromatic heterocycles. The van der Waals surface area contributed by atoms with E-state index in [9.17, 15) is 4.79 Å². The van der Waals surface area contributed by atoms with E-state index in [1.807, 2.05) is 24.3 Å². The number of hydrogen-bond donors (Lipinski definition) is 0. The summed E-state index contributed by atoms with van der Waals surface area (Å²) in [5, 5.41) is 0. The Bertz CT molecular complexity index is 871. The van der Waals surface area contributed by atoms with Gasteiger partial charge in [-0.25, -0.2) is 0 Å². The van der Waals surface area contributed by atoms with Gasteiger partial charge in [-0.3, -0.25) is 9.69 Å². The summed E-state index contributed by atoms with van der Waals surface area (Å²) < 4.78 is 17.2. The van der Waals surface area contributed by atoms with Gasteiger partial charge in [0.1, 0.15) is 18.1 Å². The van der Waals surface area contributed by atoms with Crippen LogP contribution >= 0.6 is 0 Å². The fourth-order valence-electron chi connectivity index (χ4n) is 4.06. The molecule has 0 radical (unpaired) electrons. The fraction of sp³-hybridized carbons (Fsp3) is 0.435. The number of nitrogens with zero attached hydrogens (tertiary/aromatic N) is 1.